The fourth-order valence-electron chi connectivity index (χ4n) is 4.24. The lowest BCUT2D eigenvalue weighted by molar-refractivity contribution is -0.123. The Hall–Kier alpha value is -2.96. The minimum absolute atomic E-state index is 0.0992. The molecular formula is C24H19ClN2O3S. The van der Waals surface area contributed by atoms with Crippen LogP contribution in [0.2, 0.25) is 5.02 Å². The average molecular weight is 451 g/mol. The number of methoxy groups -OCH3 is 1. The number of benzene rings is 3. The quantitative estimate of drug-likeness (QED) is 0.571. The van der Waals surface area contributed by atoms with E-state index in [1.807, 2.05) is 60.7 Å². The van der Waals surface area contributed by atoms with Gasteiger partial charge >= 0.3 is 0 Å². The Morgan fingerprint density at radius 1 is 1.00 bits per heavy atom. The van der Waals surface area contributed by atoms with Crippen molar-refractivity contribution in [2.75, 3.05) is 22.7 Å². The van der Waals surface area contributed by atoms with Crippen molar-refractivity contribution in [3.8, 4) is 5.75 Å². The van der Waals surface area contributed by atoms with E-state index in [4.69, 9.17) is 16.3 Å². The molecule has 5 rings (SSSR count). The van der Waals surface area contributed by atoms with Gasteiger partial charge in [0.25, 0.3) is 5.91 Å². The summed E-state index contributed by atoms with van der Waals surface area (Å²) in [5.41, 5.74) is 3.14. The summed E-state index contributed by atoms with van der Waals surface area (Å²) in [5.74, 6) is 0.681. The molecule has 0 bridgehead atoms. The SMILES string of the molecule is COc1ccc(N2C(=O)CS[C@@]23C(=O)N(Cc2ccccc2Cl)c2ccccc23)cc1. The fourth-order valence-corrected chi connectivity index (χ4v) is 5.80. The lowest BCUT2D eigenvalue weighted by Crippen LogP contribution is -2.49. The normalized spacial score (nSPS) is 19.9. The van der Waals surface area contributed by atoms with Crippen LogP contribution in [0.15, 0.2) is 72.8 Å². The predicted molar refractivity (Wildman–Crippen MR) is 124 cm³/mol. The number of fused-ring (bicyclic) bond motifs is 2. The Labute approximate surface area is 189 Å². The Kier molecular flexibility index (Phi) is 4.91. The zero-order valence-electron chi connectivity index (χ0n) is 16.7. The molecule has 31 heavy (non-hydrogen) atoms. The van der Waals surface area contributed by atoms with Gasteiger partial charge < -0.3 is 9.64 Å². The number of amides is 2. The summed E-state index contributed by atoms with van der Waals surface area (Å²) in [6, 6.07) is 22.4. The lowest BCUT2D eigenvalue weighted by Gasteiger charge is -2.33. The first-order valence-electron chi connectivity index (χ1n) is 9.82. The first-order valence-corrected chi connectivity index (χ1v) is 11.2. The highest BCUT2D eigenvalue weighted by Crippen LogP contribution is 2.56. The number of ether oxygens (including phenoxy) is 1. The lowest BCUT2D eigenvalue weighted by atomic mass is 10.0. The fraction of sp³-hybridized carbons (Fsp3) is 0.167. The van der Waals surface area contributed by atoms with Gasteiger partial charge in [-0.25, -0.2) is 0 Å². The van der Waals surface area contributed by atoms with Crippen molar-refractivity contribution in [3.63, 3.8) is 0 Å². The summed E-state index contributed by atoms with van der Waals surface area (Å²) in [5, 5.41) is 0.607. The van der Waals surface area contributed by atoms with E-state index in [0.29, 0.717) is 23.0 Å². The number of rotatable bonds is 4. The van der Waals surface area contributed by atoms with Crippen molar-refractivity contribution < 1.29 is 14.3 Å². The number of carbonyl (C=O) groups excluding carboxylic acids is 2. The van der Waals surface area contributed by atoms with Gasteiger partial charge in [-0.1, -0.05) is 48.0 Å². The summed E-state index contributed by atoms with van der Waals surface area (Å²) in [6.45, 7) is 0.336. The van der Waals surface area contributed by atoms with E-state index < -0.39 is 4.87 Å². The molecule has 2 aliphatic rings. The number of thioether (sulfide) groups is 1. The highest BCUT2D eigenvalue weighted by molar-refractivity contribution is 8.02. The van der Waals surface area contributed by atoms with Crippen LogP contribution in [0.1, 0.15) is 11.1 Å². The molecule has 156 valence electrons. The Bertz CT molecular complexity index is 1180. The third-order valence-corrected chi connectivity index (χ3v) is 7.44. The van der Waals surface area contributed by atoms with Gasteiger partial charge in [0, 0.05) is 16.3 Å². The van der Waals surface area contributed by atoms with Crippen LogP contribution in [0.3, 0.4) is 0 Å². The van der Waals surface area contributed by atoms with Crippen molar-refractivity contribution in [3.05, 3.63) is 88.9 Å². The van der Waals surface area contributed by atoms with Crippen molar-refractivity contribution in [2.45, 2.75) is 11.4 Å². The second-order valence-electron chi connectivity index (χ2n) is 7.36. The molecule has 3 aromatic carbocycles. The topological polar surface area (TPSA) is 49.9 Å². The molecule has 5 nitrogen and oxygen atoms in total. The van der Waals surface area contributed by atoms with Gasteiger partial charge in [-0.2, -0.15) is 0 Å². The maximum absolute atomic E-state index is 14.0. The van der Waals surface area contributed by atoms with E-state index in [-0.39, 0.29) is 17.6 Å². The summed E-state index contributed by atoms with van der Waals surface area (Å²) in [4.78, 5) is 29.3. The van der Waals surface area contributed by atoms with Crippen LogP contribution in [0.4, 0.5) is 11.4 Å². The van der Waals surface area contributed by atoms with Crippen LogP contribution in [0.25, 0.3) is 0 Å². The van der Waals surface area contributed by atoms with Crippen LogP contribution in [-0.2, 0) is 21.0 Å². The molecule has 2 aliphatic heterocycles. The maximum atomic E-state index is 14.0. The van der Waals surface area contributed by atoms with E-state index in [9.17, 15) is 9.59 Å². The molecule has 0 aromatic heterocycles. The van der Waals surface area contributed by atoms with Crippen LogP contribution < -0.4 is 14.5 Å². The molecule has 0 radical (unpaired) electrons. The Balaban J connectivity index is 1.63. The smallest absolute Gasteiger partial charge is 0.269 e. The molecule has 0 saturated carbocycles. The molecule has 0 N–H and O–H groups in total. The number of para-hydroxylation sites is 1. The molecule has 0 unspecified atom stereocenters. The summed E-state index contributed by atoms with van der Waals surface area (Å²) in [7, 11) is 1.59. The molecule has 3 aromatic rings. The second-order valence-corrected chi connectivity index (χ2v) is 8.94. The molecule has 0 aliphatic carbocycles. The van der Waals surface area contributed by atoms with Crippen LogP contribution in [0, 0.1) is 0 Å². The average Bonchev–Trinajstić information content (AvgIpc) is 3.26. The summed E-state index contributed by atoms with van der Waals surface area (Å²) < 4.78 is 5.25. The number of carbonyl (C=O) groups is 2. The molecule has 1 atom stereocenters. The first kappa shape index (κ1) is 20.0. The largest absolute Gasteiger partial charge is 0.497 e. The number of nitrogens with zero attached hydrogens (tertiary/aromatic N) is 2. The maximum Gasteiger partial charge on any atom is 0.269 e. The van der Waals surface area contributed by atoms with Gasteiger partial charge in [-0.05, 0) is 42.0 Å². The number of hydrogen-bond donors (Lipinski definition) is 0. The molecule has 1 saturated heterocycles. The van der Waals surface area contributed by atoms with Gasteiger partial charge in [0.1, 0.15) is 5.75 Å². The van der Waals surface area contributed by atoms with Gasteiger partial charge in [0.15, 0.2) is 0 Å². The zero-order chi connectivity index (χ0) is 21.6. The predicted octanol–water partition coefficient (Wildman–Crippen LogP) is 4.83. The molecule has 7 heteroatoms. The van der Waals surface area contributed by atoms with Crippen LogP contribution in [0.5, 0.6) is 5.75 Å². The van der Waals surface area contributed by atoms with Gasteiger partial charge in [0.05, 0.1) is 25.1 Å². The molecular weight excluding hydrogens is 432 g/mol. The van der Waals surface area contributed by atoms with Crippen molar-refractivity contribution in [1.29, 1.82) is 0 Å². The van der Waals surface area contributed by atoms with E-state index >= 15 is 0 Å². The van der Waals surface area contributed by atoms with Crippen molar-refractivity contribution in [1.82, 2.24) is 0 Å². The number of halogens is 1. The van der Waals surface area contributed by atoms with E-state index in [2.05, 4.69) is 0 Å². The number of hydrogen-bond acceptors (Lipinski definition) is 4. The highest BCUT2D eigenvalue weighted by atomic mass is 35.5. The molecule has 2 heterocycles. The minimum Gasteiger partial charge on any atom is -0.497 e. The highest BCUT2D eigenvalue weighted by Gasteiger charge is 2.60. The van der Waals surface area contributed by atoms with Gasteiger partial charge in [-0.3, -0.25) is 14.5 Å². The van der Waals surface area contributed by atoms with Crippen LogP contribution >= 0.6 is 23.4 Å². The number of anilines is 2. The second kappa shape index (κ2) is 7.62. The third kappa shape index (κ3) is 3.01. The van der Waals surface area contributed by atoms with Gasteiger partial charge in [-0.15, -0.1) is 11.8 Å². The first-order chi connectivity index (χ1) is 15.1. The van der Waals surface area contributed by atoms with Crippen LogP contribution in [-0.4, -0.2) is 24.7 Å². The third-order valence-electron chi connectivity index (χ3n) is 5.68. The molecule has 1 fully saturated rings. The minimum atomic E-state index is -1.14. The molecule has 1 spiro atoms. The van der Waals surface area contributed by atoms with E-state index in [0.717, 1.165) is 16.8 Å². The standard InChI is InChI=1S/C24H19ClN2O3S/c1-30-18-12-10-17(11-13-18)27-22(28)15-31-24(27)19-7-3-5-9-21(19)26(23(24)29)14-16-6-2-4-8-20(16)25/h2-13H,14-15H2,1H3/t24-/m0/s1. The van der Waals surface area contributed by atoms with E-state index in [1.54, 1.807) is 29.0 Å². The van der Waals surface area contributed by atoms with Gasteiger partial charge in [0.2, 0.25) is 10.8 Å². The summed E-state index contributed by atoms with van der Waals surface area (Å²) in [6.07, 6.45) is 0. The zero-order valence-corrected chi connectivity index (χ0v) is 18.3. The van der Waals surface area contributed by atoms with Crippen molar-refractivity contribution in [2.24, 2.45) is 0 Å². The monoisotopic (exact) mass is 450 g/mol. The summed E-state index contributed by atoms with van der Waals surface area (Å²) >= 11 is 7.75. The molecule has 2 amide bonds. The van der Waals surface area contributed by atoms with E-state index in [1.165, 1.54) is 11.8 Å². The van der Waals surface area contributed by atoms with Crippen molar-refractivity contribution >= 4 is 46.6 Å². The Morgan fingerprint density at radius 3 is 2.45 bits per heavy atom. The Morgan fingerprint density at radius 2 is 1.71 bits per heavy atom.